The summed E-state index contributed by atoms with van der Waals surface area (Å²) in [4.78, 5) is 18.2. The number of rotatable bonds is 3. The second kappa shape index (κ2) is 5.01. The van der Waals surface area contributed by atoms with Crippen LogP contribution in [0.1, 0.15) is 16.1 Å². The van der Waals surface area contributed by atoms with Gasteiger partial charge in [-0.2, -0.15) is 0 Å². The van der Waals surface area contributed by atoms with E-state index in [4.69, 9.17) is 21.4 Å². The van der Waals surface area contributed by atoms with E-state index in [0.29, 0.717) is 10.8 Å². The van der Waals surface area contributed by atoms with Gasteiger partial charge in [-0.1, -0.05) is 17.7 Å². The van der Waals surface area contributed by atoms with E-state index in [1.165, 1.54) is 6.07 Å². The number of aryl methyl sites for hydroxylation is 1. The molecule has 18 heavy (non-hydrogen) atoms. The van der Waals surface area contributed by atoms with Crippen molar-refractivity contribution in [2.75, 3.05) is 0 Å². The predicted octanol–water partition coefficient (Wildman–Crippen LogP) is 2.93. The Bertz CT molecular complexity index is 602. The van der Waals surface area contributed by atoms with Crippen LogP contribution in [0, 0.1) is 6.92 Å². The SMILES string of the molecule is Cc1ccc(Cl)c(Oc2cc(C(=O)O)ncn2)c1. The van der Waals surface area contributed by atoms with Crippen molar-refractivity contribution in [3.05, 3.63) is 46.9 Å². The highest BCUT2D eigenvalue weighted by Crippen LogP contribution is 2.29. The first kappa shape index (κ1) is 12.3. The molecule has 0 bridgehead atoms. The first-order valence-electron chi connectivity index (χ1n) is 5.05. The Balaban J connectivity index is 2.31. The monoisotopic (exact) mass is 264 g/mol. The fourth-order valence-corrected chi connectivity index (χ4v) is 1.47. The smallest absolute Gasteiger partial charge is 0.354 e. The average Bonchev–Trinajstić information content (AvgIpc) is 2.34. The third kappa shape index (κ3) is 2.75. The molecule has 1 aromatic heterocycles. The summed E-state index contributed by atoms with van der Waals surface area (Å²) >= 11 is 5.96. The van der Waals surface area contributed by atoms with E-state index >= 15 is 0 Å². The van der Waals surface area contributed by atoms with E-state index in [0.717, 1.165) is 11.9 Å². The van der Waals surface area contributed by atoms with Crippen molar-refractivity contribution in [2.24, 2.45) is 0 Å². The highest BCUT2D eigenvalue weighted by atomic mass is 35.5. The number of nitrogens with zero attached hydrogens (tertiary/aromatic N) is 2. The number of benzene rings is 1. The van der Waals surface area contributed by atoms with Crippen LogP contribution in [0.5, 0.6) is 11.6 Å². The summed E-state index contributed by atoms with van der Waals surface area (Å²) in [5, 5.41) is 9.23. The molecule has 92 valence electrons. The van der Waals surface area contributed by atoms with Gasteiger partial charge in [0.25, 0.3) is 0 Å². The summed E-state index contributed by atoms with van der Waals surface area (Å²) in [6.07, 6.45) is 1.13. The topological polar surface area (TPSA) is 72.3 Å². The van der Waals surface area contributed by atoms with Gasteiger partial charge in [-0.15, -0.1) is 0 Å². The molecule has 0 spiro atoms. The minimum absolute atomic E-state index is 0.134. The van der Waals surface area contributed by atoms with E-state index in [9.17, 15) is 4.79 Å². The number of ether oxygens (including phenoxy) is 1. The number of halogens is 1. The van der Waals surface area contributed by atoms with Gasteiger partial charge in [0, 0.05) is 6.07 Å². The molecule has 2 rings (SSSR count). The number of aromatic nitrogens is 2. The van der Waals surface area contributed by atoms with Gasteiger partial charge >= 0.3 is 5.97 Å². The Kier molecular flexibility index (Phi) is 3.43. The van der Waals surface area contributed by atoms with Crippen LogP contribution in [0.2, 0.25) is 5.02 Å². The van der Waals surface area contributed by atoms with E-state index in [2.05, 4.69) is 9.97 Å². The summed E-state index contributed by atoms with van der Waals surface area (Å²) in [6.45, 7) is 1.89. The molecule has 6 heteroatoms. The van der Waals surface area contributed by atoms with Crippen LogP contribution in [0.25, 0.3) is 0 Å². The molecular formula is C12H9ClN2O3. The second-order valence-corrected chi connectivity index (χ2v) is 3.99. The van der Waals surface area contributed by atoms with Crippen molar-refractivity contribution in [1.82, 2.24) is 9.97 Å². The molecule has 0 saturated heterocycles. The Morgan fingerprint density at radius 1 is 1.33 bits per heavy atom. The maximum atomic E-state index is 10.8. The molecule has 1 aromatic carbocycles. The lowest BCUT2D eigenvalue weighted by Gasteiger charge is -2.07. The maximum Gasteiger partial charge on any atom is 0.354 e. The van der Waals surface area contributed by atoms with Gasteiger partial charge < -0.3 is 9.84 Å². The molecule has 0 saturated carbocycles. The Hall–Kier alpha value is -2.14. The molecule has 0 fully saturated rings. The largest absolute Gasteiger partial charge is 0.477 e. The third-order valence-corrected chi connectivity index (χ3v) is 2.47. The fourth-order valence-electron chi connectivity index (χ4n) is 1.31. The molecule has 1 N–H and O–H groups in total. The molecule has 0 aliphatic rings. The molecule has 0 radical (unpaired) electrons. The molecule has 2 aromatic rings. The number of carbonyl (C=O) groups is 1. The zero-order valence-corrected chi connectivity index (χ0v) is 10.2. The Morgan fingerprint density at radius 2 is 2.11 bits per heavy atom. The third-order valence-electron chi connectivity index (χ3n) is 2.16. The van der Waals surface area contributed by atoms with E-state index in [1.807, 2.05) is 13.0 Å². The van der Waals surface area contributed by atoms with Crippen molar-refractivity contribution in [3.8, 4) is 11.6 Å². The lowest BCUT2D eigenvalue weighted by Crippen LogP contribution is -2.01. The van der Waals surface area contributed by atoms with Gasteiger partial charge in [0.15, 0.2) is 5.69 Å². The molecule has 0 amide bonds. The zero-order valence-electron chi connectivity index (χ0n) is 9.42. The number of hydrogen-bond donors (Lipinski definition) is 1. The van der Waals surface area contributed by atoms with Gasteiger partial charge in [-0.05, 0) is 24.6 Å². The normalized spacial score (nSPS) is 10.1. The van der Waals surface area contributed by atoms with Crippen LogP contribution in [0.3, 0.4) is 0 Å². The van der Waals surface area contributed by atoms with Crippen molar-refractivity contribution < 1.29 is 14.6 Å². The van der Waals surface area contributed by atoms with Crippen LogP contribution >= 0.6 is 11.6 Å². The van der Waals surface area contributed by atoms with E-state index in [-0.39, 0.29) is 11.6 Å². The second-order valence-electron chi connectivity index (χ2n) is 3.58. The number of aromatic carboxylic acids is 1. The van der Waals surface area contributed by atoms with Crippen LogP contribution < -0.4 is 4.74 Å². The van der Waals surface area contributed by atoms with Gasteiger partial charge in [-0.3, -0.25) is 0 Å². The lowest BCUT2D eigenvalue weighted by molar-refractivity contribution is 0.0689. The number of hydrogen-bond acceptors (Lipinski definition) is 4. The van der Waals surface area contributed by atoms with Crippen LogP contribution in [0.4, 0.5) is 0 Å². The first-order valence-corrected chi connectivity index (χ1v) is 5.43. The number of carboxylic acids is 1. The minimum atomic E-state index is -1.14. The van der Waals surface area contributed by atoms with E-state index < -0.39 is 5.97 Å². The zero-order chi connectivity index (χ0) is 13.1. The van der Waals surface area contributed by atoms with Crippen LogP contribution in [-0.4, -0.2) is 21.0 Å². The summed E-state index contributed by atoms with van der Waals surface area (Å²) in [6, 6.07) is 6.52. The summed E-state index contributed by atoms with van der Waals surface area (Å²) < 4.78 is 5.43. The van der Waals surface area contributed by atoms with Crippen molar-refractivity contribution in [3.63, 3.8) is 0 Å². The van der Waals surface area contributed by atoms with Gasteiger partial charge in [0.2, 0.25) is 5.88 Å². The summed E-state index contributed by atoms with van der Waals surface area (Å²) in [7, 11) is 0. The van der Waals surface area contributed by atoms with Gasteiger partial charge in [-0.25, -0.2) is 14.8 Å². The molecule has 0 aliphatic heterocycles. The van der Waals surface area contributed by atoms with Crippen molar-refractivity contribution in [1.29, 1.82) is 0 Å². The highest BCUT2D eigenvalue weighted by Gasteiger charge is 2.09. The molecule has 0 unspecified atom stereocenters. The Morgan fingerprint density at radius 3 is 2.83 bits per heavy atom. The molecule has 0 atom stereocenters. The highest BCUT2D eigenvalue weighted by molar-refractivity contribution is 6.32. The molecule has 1 heterocycles. The van der Waals surface area contributed by atoms with E-state index in [1.54, 1.807) is 12.1 Å². The lowest BCUT2D eigenvalue weighted by atomic mass is 10.2. The summed E-state index contributed by atoms with van der Waals surface area (Å²) in [5.74, 6) is -0.584. The Labute approximate surface area is 108 Å². The average molecular weight is 265 g/mol. The maximum absolute atomic E-state index is 10.8. The summed E-state index contributed by atoms with van der Waals surface area (Å²) in [5.41, 5.74) is 0.839. The minimum Gasteiger partial charge on any atom is -0.477 e. The van der Waals surface area contributed by atoms with Crippen LogP contribution in [-0.2, 0) is 0 Å². The number of carboxylic acid groups (broad SMARTS) is 1. The fraction of sp³-hybridized carbons (Fsp3) is 0.0833. The predicted molar refractivity (Wildman–Crippen MR) is 65.3 cm³/mol. The standard InChI is InChI=1S/C12H9ClN2O3/c1-7-2-3-8(13)10(4-7)18-11-5-9(12(16)17)14-6-15-11/h2-6H,1H3,(H,16,17). The van der Waals surface area contributed by atoms with Gasteiger partial charge in [0.1, 0.15) is 12.1 Å². The first-order chi connectivity index (χ1) is 8.56. The molecule has 0 aliphatic carbocycles. The molecular weight excluding hydrogens is 256 g/mol. The molecule has 5 nitrogen and oxygen atoms in total. The van der Waals surface area contributed by atoms with Gasteiger partial charge in [0.05, 0.1) is 5.02 Å². The van der Waals surface area contributed by atoms with Crippen molar-refractivity contribution in [2.45, 2.75) is 6.92 Å². The van der Waals surface area contributed by atoms with Crippen LogP contribution in [0.15, 0.2) is 30.6 Å². The quantitative estimate of drug-likeness (QED) is 0.923. The van der Waals surface area contributed by atoms with Crippen molar-refractivity contribution >= 4 is 17.6 Å².